The van der Waals surface area contributed by atoms with Crippen molar-refractivity contribution < 1.29 is 9.53 Å². The molecular weight excluding hydrogens is 316 g/mol. The fraction of sp³-hybridized carbons (Fsp3) is 0.211. The van der Waals surface area contributed by atoms with Gasteiger partial charge in [0.1, 0.15) is 6.61 Å². The number of rotatable bonds is 7. The van der Waals surface area contributed by atoms with E-state index in [0.29, 0.717) is 13.2 Å². The molecule has 0 bridgehead atoms. The zero-order valence-electron chi connectivity index (χ0n) is 14.1. The molecule has 0 unspecified atom stereocenters. The van der Waals surface area contributed by atoms with Gasteiger partial charge in [0.05, 0.1) is 12.8 Å². The van der Waals surface area contributed by atoms with Crippen LogP contribution in [-0.4, -0.2) is 27.3 Å². The lowest BCUT2D eigenvalue weighted by Crippen LogP contribution is -2.27. The van der Waals surface area contributed by atoms with Gasteiger partial charge in [-0.1, -0.05) is 30.3 Å². The minimum Gasteiger partial charge on any atom is -0.367 e. The Morgan fingerprint density at radius 2 is 1.96 bits per heavy atom. The van der Waals surface area contributed by atoms with E-state index >= 15 is 0 Å². The molecule has 3 aromatic rings. The number of pyridine rings is 1. The Labute approximate surface area is 146 Å². The molecule has 6 nitrogen and oxygen atoms in total. The van der Waals surface area contributed by atoms with Crippen LogP contribution < -0.4 is 5.32 Å². The number of amides is 1. The molecule has 0 saturated carbocycles. The van der Waals surface area contributed by atoms with Crippen molar-refractivity contribution in [1.82, 2.24) is 20.1 Å². The fourth-order valence-corrected chi connectivity index (χ4v) is 2.40. The largest absolute Gasteiger partial charge is 0.367 e. The van der Waals surface area contributed by atoms with E-state index in [9.17, 15) is 4.79 Å². The predicted molar refractivity (Wildman–Crippen MR) is 94.4 cm³/mol. The van der Waals surface area contributed by atoms with Crippen LogP contribution in [0.5, 0.6) is 0 Å². The van der Waals surface area contributed by atoms with Crippen LogP contribution in [0, 0.1) is 0 Å². The van der Waals surface area contributed by atoms with E-state index in [-0.39, 0.29) is 12.5 Å². The average Bonchev–Trinajstić information content (AvgIpc) is 3.08. The topological polar surface area (TPSA) is 69.0 Å². The minimum atomic E-state index is -0.150. The van der Waals surface area contributed by atoms with Crippen molar-refractivity contribution in [1.29, 1.82) is 0 Å². The number of hydrogen-bond donors (Lipinski definition) is 1. The molecule has 2 heterocycles. The van der Waals surface area contributed by atoms with Crippen molar-refractivity contribution in [2.24, 2.45) is 7.05 Å². The van der Waals surface area contributed by atoms with Crippen molar-refractivity contribution in [2.45, 2.75) is 13.2 Å². The molecule has 3 rings (SSSR count). The van der Waals surface area contributed by atoms with Gasteiger partial charge in [0.2, 0.25) is 5.91 Å². The summed E-state index contributed by atoms with van der Waals surface area (Å²) < 4.78 is 7.17. The first-order valence-corrected chi connectivity index (χ1v) is 8.02. The van der Waals surface area contributed by atoms with E-state index in [2.05, 4.69) is 15.4 Å². The molecule has 0 fully saturated rings. The predicted octanol–water partition coefficient (Wildman–Crippen LogP) is 2.32. The summed E-state index contributed by atoms with van der Waals surface area (Å²) in [5.74, 6) is -0.150. The summed E-state index contributed by atoms with van der Waals surface area (Å²) >= 11 is 0. The maximum atomic E-state index is 11.9. The number of aromatic nitrogens is 3. The van der Waals surface area contributed by atoms with E-state index < -0.39 is 0 Å². The number of hydrogen-bond acceptors (Lipinski definition) is 4. The summed E-state index contributed by atoms with van der Waals surface area (Å²) in [4.78, 5) is 16.1. The summed E-state index contributed by atoms with van der Waals surface area (Å²) in [6.45, 7) is 0.867. The Hall–Kier alpha value is -2.99. The first-order valence-electron chi connectivity index (χ1n) is 8.02. The molecule has 128 valence electrons. The van der Waals surface area contributed by atoms with Crippen LogP contribution in [0.15, 0.2) is 61.2 Å². The van der Waals surface area contributed by atoms with Gasteiger partial charge in [-0.25, -0.2) is 0 Å². The molecule has 25 heavy (non-hydrogen) atoms. The van der Waals surface area contributed by atoms with Crippen molar-refractivity contribution in [3.8, 4) is 11.1 Å². The highest BCUT2D eigenvalue weighted by atomic mass is 16.5. The number of nitrogens with zero attached hydrogens (tertiary/aromatic N) is 3. The van der Waals surface area contributed by atoms with Gasteiger partial charge in [-0.3, -0.25) is 14.5 Å². The first kappa shape index (κ1) is 16.9. The molecule has 0 aliphatic heterocycles. The van der Waals surface area contributed by atoms with Gasteiger partial charge in [0, 0.05) is 43.3 Å². The second kappa shape index (κ2) is 8.21. The second-order valence-corrected chi connectivity index (χ2v) is 5.74. The third-order valence-corrected chi connectivity index (χ3v) is 3.67. The summed E-state index contributed by atoms with van der Waals surface area (Å²) in [5.41, 5.74) is 3.94. The van der Waals surface area contributed by atoms with Gasteiger partial charge < -0.3 is 10.1 Å². The van der Waals surface area contributed by atoms with Crippen LogP contribution in [-0.2, 0) is 29.7 Å². The van der Waals surface area contributed by atoms with Crippen LogP contribution in [0.4, 0.5) is 0 Å². The Kier molecular flexibility index (Phi) is 5.53. The first-order chi connectivity index (χ1) is 12.2. The molecule has 1 N–H and O–H groups in total. The number of benzene rings is 1. The molecule has 6 heteroatoms. The van der Waals surface area contributed by atoms with E-state index in [0.717, 1.165) is 22.3 Å². The number of nitrogens with one attached hydrogen (secondary N) is 1. The molecule has 0 saturated heterocycles. The average molecular weight is 336 g/mol. The molecule has 0 radical (unpaired) electrons. The lowest BCUT2D eigenvalue weighted by molar-refractivity contribution is -0.126. The normalized spacial score (nSPS) is 10.6. The number of carbonyl (C=O) groups excluding carboxylic acids is 1. The molecule has 0 atom stereocenters. The molecule has 1 amide bonds. The monoisotopic (exact) mass is 336 g/mol. The molecule has 0 aliphatic rings. The zero-order valence-corrected chi connectivity index (χ0v) is 14.1. The fourth-order valence-electron chi connectivity index (χ4n) is 2.40. The van der Waals surface area contributed by atoms with Gasteiger partial charge >= 0.3 is 0 Å². The Morgan fingerprint density at radius 1 is 1.12 bits per heavy atom. The quantitative estimate of drug-likeness (QED) is 0.719. The van der Waals surface area contributed by atoms with Gasteiger partial charge in [-0.15, -0.1) is 0 Å². The van der Waals surface area contributed by atoms with Gasteiger partial charge in [0.25, 0.3) is 0 Å². The van der Waals surface area contributed by atoms with E-state index in [1.54, 1.807) is 23.3 Å². The molecule has 1 aromatic carbocycles. The summed E-state index contributed by atoms with van der Waals surface area (Å²) in [6, 6.07) is 11.8. The van der Waals surface area contributed by atoms with Crippen molar-refractivity contribution in [3.63, 3.8) is 0 Å². The van der Waals surface area contributed by atoms with Crippen molar-refractivity contribution >= 4 is 5.91 Å². The Morgan fingerprint density at radius 3 is 2.72 bits per heavy atom. The standard InChI is InChI=1S/C19H20N4O2/c1-23-12-18(11-22-23)17-7-16(8-20-10-17)9-21-19(24)14-25-13-15-5-3-2-4-6-15/h2-8,10-12H,9,13-14H2,1H3,(H,21,24). The zero-order chi connectivity index (χ0) is 17.5. The van der Waals surface area contributed by atoms with Gasteiger partial charge in [-0.05, 0) is 17.2 Å². The minimum absolute atomic E-state index is 0.0324. The summed E-state index contributed by atoms with van der Waals surface area (Å²) in [7, 11) is 1.87. The number of ether oxygens (including phenoxy) is 1. The van der Waals surface area contributed by atoms with Gasteiger partial charge in [-0.2, -0.15) is 5.10 Å². The third kappa shape index (κ3) is 4.99. The van der Waals surface area contributed by atoms with Crippen molar-refractivity contribution in [3.05, 3.63) is 72.3 Å². The lowest BCUT2D eigenvalue weighted by atomic mass is 10.1. The molecule has 2 aromatic heterocycles. The van der Waals surface area contributed by atoms with Crippen LogP contribution in [0.2, 0.25) is 0 Å². The van der Waals surface area contributed by atoms with Crippen molar-refractivity contribution in [2.75, 3.05) is 6.61 Å². The van der Waals surface area contributed by atoms with Gasteiger partial charge in [0.15, 0.2) is 0 Å². The Balaban J connectivity index is 1.47. The van der Waals surface area contributed by atoms with E-state index in [4.69, 9.17) is 4.74 Å². The smallest absolute Gasteiger partial charge is 0.246 e. The third-order valence-electron chi connectivity index (χ3n) is 3.67. The summed E-state index contributed by atoms with van der Waals surface area (Å²) in [5, 5.41) is 7.00. The lowest BCUT2D eigenvalue weighted by Gasteiger charge is -2.07. The van der Waals surface area contributed by atoms with E-state index in [1.807, 2.05) is 49.6 Å². The SMILES string of the molecule is Cn1cc(-c2cncc(CNC(=O)COCc3ccccc3)c2)cn1. The maximum Gasteiger partial charge on any atom is 0.246 e. The highest BCUT2D eigenvalue weighted by molar-refractivity contribution is 5.77. The summed E-state index contributed by atoms with van der Waals surface area (Å²) in [6.07, 6.45) is 7.24. The van der Waals surface area contributed by atoms with Crippen LogP contribution >= 0.6 is 0 Å². The molecule has 0 spiro atoms. The Bertz CT molecular complexity index is 830. The van der Waals surface area contributed by atoms with Crippen LogP contribution in [0.1, 0.15) is 11.1 Å². The second-order valence-electron chi connectivity index (χ2n) is 5.74. The maximum absolute atomic E-state index is 11.9. The highest BCUT2D eigenvalue weighted by Gasteiger charge is 2.05. The number of carbonyl (C=O) groups is 1. The molecule has 0 aliphatic carbocycles. The van der Waals surface area contributed by atoms with Crippen LogP contribution in [0.25, 0.3) is 11.1 Å². The highest BCUT2D eigenvalue weighted by Crippen LogP contribution is 2.18. The van der Waals surface area contributed by atoms with E-state index in [1.165, 1.54) is 0 Å². The number of aryl methyl sites for hydroxylation is 1. The molecular formula is C19H20N4O2. The van der Waals surface area contributed by atoms with Crippen LogP contribution in [0.3, 0.4) is 0 Å².